The summed E-state index contributed by atoms with van der Waals surface area (Å²) < 4.78 is 1.08. The Morgan fingerprint density at radius 1 is 1.19 bits per heavy atom. The van der Waals surface area contributed by atoms with Crippen LogP contribution >= 0.6 is 11.3 Å². The van der Waals surface area contributed by atoms with Crippen LogP contribution in [0.3, 0.4) is 0 Å². The van der Waals surface area contributed by atoms with E-state index in [0.29, 0.717) is 23.5 Å². The van der Waals surface area contributed by atoms with E-state index in [2.05, 4.69) is 11.1 Å². The van der Waals surface area contributed by atoms with Crippen LogP contribution in [0.15, 0.2) is 18.2 Å². The van der Waals surface area contributed by atoms with Gasteiger partial charge in [0, 0.05) is 39.0 Å². The summed E-state index contributed by atoms with van der Waals surface area (Å²) >= 11 is 1.53. The van der Waals surface area contributed by atoms with E-state index in [4.69, 9.17) is 15.6 Å². The van der Waals surface area contributed by atoms with Gasteiger partial charge >= 0.3 is 0 Å². The van der Waals surface area contributed by atoms with Gasteiger partial charge in [-0.3, -0.25) is 19.3 Å². The van der Waals surface area contributed by atoms with E-state index in [-0.39, 0.29) is 30.2 Å². The average molecular weight is 445 g/mol. The van der Waals surface area contributed by atoms with Crippen LogP contribution < -0.4 is 10.6 Å². The molecule has 2 aliphatic heterocycles. The lowest BCUT2D eigenvalue weighted by Crippen LogP contribution is -2.52. The van der Waals surface area contributed by atoms with Gasteiger partial charge in [-0.2, -0.15) is 0 Å². The van der Waals surface area contributed by atoms with Gasteiger partial charge in [0.05, 0.1) is 16.1 Å². The van der Waals surface area contributed by atoms with Gasteiger partial charge in [-0.15, -0.1) is 0 Å². The SMILES string of the molecule is CC(=O)O.Cc1ccc2nc(N3CC(C(=O)N4C[C@H]5CC[C@@H](C4)C5N)CC3=O)sc2c1. The van der Waals surface area contributed by atoms with Crippen LogP contribution in [-0.2, 0) is 14.4 Å². The Morgan fingerprint density at radius 3 is 2.48 bits per heavy atom. The fraction of sp³-hybridized carbons (Fsp3) is 0.545. The van der Waals surface area contributed by atoms with Gasteiger partial charge in [0.2, 0.25) is 11.8 Å². The number of aromatic nitrogens is 1. The first-order valence-electron chi connectivity index (χ1n) is 10.6. The number of fused-ring (bicyclic) bond motifs is 3. The molecule has 8 nitrogen and oxygen atoms in total. The topological polar surface area (TPSA) is 117 Å². The molecule has 166 valence electrons. The van der Waals surface area contributed by atoms with Gasteiger partial charge in [-0.05, 0) is 49.3 Å². The maximum atomic E-state index is 13.1. The molecule has 2 amide bonds. The molecule has 2 unspecified atom stereocenters. The summed E-state index contributed by atoms with van der Waals surface area (Å²) in [6, 6.07) is 6.34. The van der Waals surface area contributed by atoms with Gasteiger partial charge in [-0.25, -0.2) is 4.98 Å². The van der Waals surface area contributed by atoms with Crippen LogP contribution in [0.5, 0.6) is 0 Å². The molecule has 1 aliphatic carbocycles. The molecule has 1 aromatic carbocycles. The van der Waals surface area contributed by atoms with Gasteiger partial charge in [-0.1, -0.05) is 17.4 Å². The Bertz CT molecular complexity index is 1000. The zero-order valence-electron chi connectivity index (χ0n) is 17.8. The average Bonchev–Trinajstić information content (AvgIpc) is 3.33. The predicted molar refractivity (Wildman–Crippen MR) is 119 cm³/mol. The van der Waals surface area contributed by atoms with Crippen molar-refractivity contribution >= 4 is 44.5 Å². The lowest BCUT2D eigenvalue weighted by molar-refractivity contribution is -0.138. The minimum absolute atomic E-state index is 0.000751. The number of piperidine rings is 1. The zero-order valence-corrected chi connectivity index (χ0v) is 18.6. The summed E-state index contributed by atoms with van der Waals surface area (Å²) in [4.78, 5) is 43.0. The van der Waals surface area contributed by atoms with Crippen LogP contribution in [0.1, 0.15) is 31.7 Å². The summed E-state index contributed by atoms with van der Waals surface area (Å²) in [7, 11) is 0. The summed E-state index contributed by atoms with van der Waals surface area (Å²) in [5.74, 6) is -0.130. The highest BCUT2D eigenvalue weighted by Crippen LogP contribution is 2.38. The largest absolute Gasteiger partial charge is 0.481 e. The standard InChI is InChI=1S/C20H24N4O2S.C2H4O2/c1-11-2-5-15-16(6-11)27-20(22-15)24-10-14(7-17(24)25)19(26)23-8-12-3-4-13(9-23)18(12)21;1-2(3)4/h2,5-6,12-14,18H,3-4,7-10,21H2,1H3;1H3,(H,3,4)/t12-,13+,14?,18?;. The number of thiazole rings is 1. The number of nitrogens with zero attached hydrogens (tertiary/aromatic N) is 3. The number of carbonyl (C=O) groups excluding carboxylic acids is 2. The number of carboxylic acids is 1. The Labute approximate surface area is 185 Å². The van der Waals surface area contributed by atoms with E-state index < -0.39 is 5.97 Å². The van der Waals surface area contributed by atoms with Gasteiger partial charge in [0.1, 0.15) is 0 Å². The van der Waals surface area contributed by atoms with Crippen molar-refractivity contribution in [2.24, 2.45) is 23.5 Å². The zero-order chi connectivity index (χ0) is 22.3. The van der Waals surface area contributed by atoms with E-state index in [9.17, 15) is 9.59 Å². The summed E-state index contributed by atoms with van der Waals surface area (Å²) in [5, 5.41) is 8.12. The van der Waals surface area contributed by atoms with Crippen molar-refractivity contribution in [2.45, 2.75) is 39.2 Å². The lowest BCUT2D eigenvalue weighted by Gasteiger charge is -2.37. The second-order valence-corrected chi connectivity index (χ2v) is 9.82. The Hall–Kier alpha value is -2.52. The first kappa shape index (κ1) is 21.7. The summed E-state index contributed by atoms with van der Waals surface area (Å²) in [6.07, 6.45) is 2.53. The first-order valence-corrected chi connectivity index (χ1v) is 11.5. The Kier molecular flexibility index (Phi) is 5.98. The van der Waals surface area contributed by atoms with Gasteiger partial charge in [0.25, 0.3) is 5.97 Å². The third kappa shape index (κ3) is 4.43. The van der Waals surface area contributed by atoms with Gasteiger partial charge in [0.15, 0.2) is 5.13 Å². The molecule has 3 N–H and O–H groups in total. The van der Waals surface area contributed by atoms with Crippen molar-refractivity contribution in [1.82, 2.24) is 9.88 Å². The molecular formula is C22H28N4O4S. The minimum atomic E-state index is -0.833. The molecule has 31 heavy (non-hydrogen) atoms. The maximum absolute atomic E-state index is 13.1. The van der Waals surface area contributed by atoms with Crippen molar-refractivity contribution in [3.63, 3.8) is 0 Å². The van der Waals surface area contributed by atoms with Crippen molar-refractivity contribution in [3.05, 3.63) is 23.8 Å². The number of carbonyl (C=O) groups is 3. The number of hydrogen-bond acceptors (Lipinski definition) is 6. The van der Waals surface area contributed by atoms with Crippen LogP contribution in [0.2, 0.25) is 0 Å². The number of amides is 2. The molecule has 5 rings (SSSR count). The molecule has 9 heteroatoms. The summed E-state index contributed by atoms with van der Waals surface area (Å²) in [5.41, 5.74) is 8.34. The van der Waals surface area contributed by atoms with E-state index >= 15 is 0 Å². The number of nitrogens with two attached hydrogens (primary N) is 1. The van der Waals surface area contributed by atoms with Crippen molar-refractivity contribution < 1.29 is 19.5 Å². The molecular weight excluding hydrogens is 416 g/mol. The third-order valence-electron chi connectivity index (χ3n) is 6.46. The van der Waals surface area contributed by atoms with Crippen LogP contribution in [0.25, 0.3) is 10.2 Å². The van der Waals surface area contributed by atoms with Crippen molar-refractivity contribution in [2.75, 3.05) is 24.5 Å². The maximum Gasteiger partial charge on any atom is 0.300 e. The van der Waals surface area contributed by atoms with Crippen LogP contribution in [0.4, 0.5) is 5.13 Å². The molecule has 2 bridgehead atoms. The second-order valence-electron chi connectivity index (χ2n) is 8.81. The number of hydrogen-bond donors (Lipinski definition) is 2. The lowest BCUT2D eigenvalue weighted by atomic mass is 9.92. The fourth-order valence-corrected chi connectivity index (χ4v) is 5.99. The number of carboxylic acid groups (broad SMARTS) is 1. The molecule has 0 spiro atoms. The van der Waals surface area contributed by atoms with Gasteiger partial charge < -0.3 is 15.7 Å². The minimum Gasteiger partial charge on any atom is -0.481 e. The van der Waals surface area contributed by atoms with E-state index in [1.165, 1.54) is 16.9 Å². The number of rotatable bonds is 2. The number of benzene rings is 1. The molecule has 3 heterocycles. The molecule has 1 aromatic heterocycles. The molecule has 1 saturated carbocycles. The molecule has 2 saturated heterocycles. The van der Waals surface area contributed by atoms with Crippen molar-refractivity contribution in [3.8, 4) is 0 Å². The van der Waals surface area contributed by atoms with Crippen LogP contribution in [0, 0.1) is 24.7 Å². The molecule has 3 aliphatic rings. The highest BCUT2D eigenvalue weighted by Gasteiger charge is 2.44. The quantitative estimate of drug-likeness (QED) is 0.734. The number of aliphatic carboxylic acids is 1. The smallest absolute Gasteiger partial charge is 0.300 e. The highest BCUT2D eigenvalue weighted by atomic mass is 32.1. The van der Waals surface area contributed by atoms with E-state index in [0.717, 1.165) is 43.1 Å². The number of aryl methyl sites for hydroxylation is 1. The molecule has 2 aromatic rings. The van der Waals surface area contributed by atoms with Crippen molar-refractivity contribution in [1.29, 1.82) is 0 Å². The molecule has 3 fully saturated rings. The third-order valence-corrected chi connectivity index (χ3v) is 7.50. The van der Waals surface area contributed by atoms with E-state index in [1.54, 1.807) is 4.90 Å². The molecule has 0 radical (unpaired) electrons. The Morgan fingerprint density at radius 2 is 1.84 bits per heavy atom. The first-order chi connectivity index (χ1) is 14.7. The number of likely N-dealkylation sites (tertiary alicyclic amines) is 1. The number of anilines is 1. The predicted octanol–water partition coefficient (Wildman–Crippen LogP) is 2.24. The monoisotopic (exact) mass is 444 g/mol. The molecule has 4 atom stereocenters. The Balaban J connectivity index is 0.000000535. The highest BCUT2D eigenvalue weighted by molar-refractivity contribution is 7.22. The summed E-state index contributed by atoms with van der Waals surface area (Å²) in [6.45, 7) is 5.07. The van der Waals surface area contributed by atoms with E-state index in [1.807, 2.05) is 24.0 Å². The van der Waals surface area contributed by atoms with Crippen LogP contribution in [-0.4, -0.2) is 58.5 Å². The second kappa shape index (κ2) is 8.55. The normalized spacial score (nSPS) is 27.4. The fourth-order valence-electron chi connectivity index (χ4n) is 4.90.